The number of nitrogens with one attached hydrogen (secondary N) is 1. The third-order valence-corrected chi connectivity index (χ3v) is 1.54. The minimum atomic E-state index is 0.372. The van der Waals surface area contributed by atoms with Crippen LogP contribution in [0.25, 0.3) is 0 Å². The van der Waals surface area contributed by atoms with Gasteiger partial charge in [0.05, 0.1) is 6.04 Å². The van der Waals surface area contributed by atoms with Gasteiger partial charge in [-0.15, -0.1) is 0 Å². The van der Waals surface area contributed by atoms with E-state index < -0.39 is 0 Å². The lowest BCUT2D eigenvalue weighted by Gasteiger charge is -2.16. The lowest BCUT2D eigenvalue weighted by atomic mass is 10.1. The van der Waals surface area contributed by atoms with E-state index in [4.69, 9.17) is 5.84 Å². The lowest BCUT2D eigenvalue weighted by Crippen LogP contribution is -2.29. The van der Waals surface area contributed by atoms with Crippen LogP contribution in [0, 0.1) is 0 Å². The highest BCUT2D eigenvalue weighted by Gasteiger charge is 2.10. The summed E-state index contributed by atoms with van der Waals surface area (Å²) in [6.45, 7) is 2.09. The molecule has 52 valence electrons. The lowest BCUT2D eigenvalue weighted by molar-refractivity contribution is 0.444. The summed E-state index contributed by atoms with van der Waals surface area (Å²) in [5.41, 5.74) is 0. The Bertz CT molecular complexity index is 95.1. The van der Waals surface area contributed by atoms with E-state index in [1.165, 1.54) is 0 Å². The van der Waals surface area contributed by atoms with E-state index in [0.29, 0.717) is 6.04 Å². The number of hydrogen-bond donors (Lipinski definition) is 2. The van der Waals surface area contributed by atoms with Crippen LogP contribution in [-0.4, -0.2) is 19.1 Å². The molecule has 0 aliphatic carbocycles. The molecular weight excluding hydrogens is 116 g/mol. The van der Waals surface area contributed by atoms with Crippen molar-refractivity contribution < 1.29 is 0 Å². The van der Waals surface area contributed by atoms with Crippen LogP contribution < -0.4 is 11.2 Å². The van der Waals surface area contributed by atoms with E-state index in [1.54, 1.807) is 0 Å². The molecule has 0 aromatic carbocycles. The van der Waals surface area contributed by atoms with Crippen molar-refractivity contribution in [2.45, 2.75) is 18.9 Å². The molecule has 9 heavy (non-hydrogen) atoms. The zero-order chi connectivity index (χ0) is 6.53. The molecule has 1 fully saturated rings. The van der Waals surface area contributed by atoms with Gasteiger partial charge in [0.15, 0.2) is 0 Å². The van der Waals surface area contributed by atoms with E-state index in [9.17, 15) is 0 Å². The molecule has 1 saturated heterocycles. The van der Waals surface area contributed by atoms with Gasteiger partial charge in [-0.2, -0.15) is 5.11 Å². The van der Waals surface area contributed by atoms with Crippen molar-refractivity contribution in [1.82, 2.24) is 5.32 Å². The van der Waals surface area contributed by atoms with Gasteiger partial charge in [0.1, 0.15) is 0 Å². The van der Waals surface area contributed by atoms with Crippen molar-refractivity contribution >= 4 is 0 Å². The summed E-state index contributed by atoms with van der Waals surface area (Å²) in [5, 5.41) is 10.3. The first kappa shape index (κ1) is 6.48. The molecule has 0 aromatic rings. The fraction of sp³-hybridized carbons (Fsp3) is 1.00. The quantitative estimate of drug-likeness (QED) is 0.298. The van der Waals surface area contributed by atoms with Gasteiger partial charge in [-0.1, -0.05) is 5.22 Å². The Morgan fingerprint density at radius 3 is 2.56 bits per heavy atom. The van der Waals surface area contributed by atoms with Gasteiger partial charge < -0.3 is 11.2 Å². The zero-order valence-electron chi connectivity index (χ0n) is 5.38. The van der Waals surface area contributed by atoms with Gasteiger partial charge in [-0.3, -0.25) is 0 Å². The summed E-state index contributed by atoms with van der Waals surface area (Å²) >= 11 is 0. The van der Waals surface area contributed by atoms with Crippen LogP contribution in [0.2, 0.25) is 0 Å². The number of hydrogen-bond acceptors (Lipinski definition) is 3. The zero-order valence-corrected chi connectivity index (χ0v) is 5.38. The third-order valence-electron chi connectivity index (χ3n) is 1.54. The summed E-state index contributed by atoms with van der Waals surface area (Å²) < 4.78 is 0. The summed E-state index contributed by atoms with van der Waals surface area (Å²) in [7, 11) is 0. The maximum absolute atomic E-state index is 4.90. The average molecular weight is 128 g/mol. The molecule has 0 saturated carbocycles. The largest absolute Gasteiger partial charge is 0.317 e. The molecule has 4 heteroatoms. The maximum Gasteiger partial charge on any atom is 0.0753 e. The van der Waals surface area contributed by atoms with Gasteiger partial charge in [0, 0.05) is 0 Å². The minimum absolute atomic E-state index is 0.372. The van der Waals surface area contributed by atoms with Crippen LogP contribution >= 0.6 is 0 Å². The standard InChI is InChI=1S/C5H12N4/c6-9-8-5-1-3-7-4-2-5/h5,7H,1-4H2,(H2,6,8). The fourth-order valence-corrected chi connectivity index (χ4v) is 1.02. The SMILES string of the molecule is NN=NC1CCNCC1. The van der Waals surface area contributed by atoms with E-state index in [0.717, 1.165) is 25.9 Å². The van der Waals surface area contributed by atoms with Crippen LogP contribution in [0.15, 0.2) is 10.3 Å². The Kier molecular flexibility index (Phi) is 2.45. The second-order valence-electron chi connectivity index (χ2n) is 2.21. The Morgan fingerprint density at radius 2 is 2.00 bits per heavy atom. The van der Waals surface area contributed by atoms with Crippen LogP contribution in [0.3, 0.4) is 0 Å². The molecule has 0 atom stereocenters. The summed E-state index contributed by atoms with van der Waals surface area (Å²) in [5.74, 6) is 4.90. The van der Waals surface area contributed by atoms with Gasteiger partial charge in [0.25, 0.3) is 0 Å². The van der Waals surface area contributed by atoms with Crippen molar-refractivity contribution in [2.75, 3.05) is 13.1 Å². The predicted molar refractivity (Wildman–Crippen MR) is 34.9 cm³/mol. The number of piperidine rings is 1. The molecule has 0 radical (unpaired) electrons. The molecule has 1 rings (SSSR count). The summed E-state index contributed by atoms with van der Waals surface area (Å²) in [6.07, 6.45) is 2.14. The van der Waals surface area contributed by atoms with Crippen molar-refractivity contribution in [3.63, 3.8) is 0 Å². The van der Waals surface area contributed by atoms with Crippen molar-refractivity contribution in [1.29, 1.82) is 0 Å². The van der Waals surface area contributed by atoms with Gasteiger partial charge in [-0.25, -0.2) is 0 Å². The first-order valence-corrected chi connectivity index (χ1v) is 3.24. The van der Waals surface area contributed by atoms with Crippen LogP contribution in [0.4, 0.5) is 0 Å². The minimum Gasteiger partial charge on any atom is -0.317 e. The van der Waals surface area contributed by atoms with Gasteiger partial charge in [-0.05, 0) is 25.9 Å². The highest BCUT2D eigenvalue weighted by atomic mass is 15.3. The highest BCUT2D eigenvalue weighted by Crippen LogP contribution is 2.05. The van der Waals surface area contributed by atoms with Crippen molar-refractivity contribution in [3.05, 3.63) is 0 Å². The molecule has 4 nitrogen and oxygen atoms in total. The smallest absolute Gasteiger partial charge is 0.0753 e. The van der Waals surface area contributed by atoms with E-state index >= 15 is 0 Å². The molecule has 0 amide bonds. The van der Waals surface area contributed by atoms with E-state index in [2.05, 4.69) is 15.7 Å². The second-order valence-corrected chi connectivity index (χ2v) is 2.21. The molecule has 0 aromatic heterocycles. The topological polar surface area (TPSA) is 62.8 Å². The summed E-state index contributed by atoms with van der Waals surface area (Å²) in [6, 6.07) is 0.372. The van der Waals surface area contributed by atoms with Crippen molar-refractivity contribution in [2.24, 2.45) is 16.2 Å². The number of nitrogens with zero attached hydrogens (tertiary/aromatic N) is 2. The van der Waals surface area contributed by atoms with Crippen LogP contribution in [0.5, 0.6) is 0 Å². The molecule has 3 N–H and O–H groups in total. The molecule has 1 heterocycles. The molecule has 0 bridgehead atoms. The monoisotopic (exact) mass is 128 g/mol. The number of rotatable bonds is 1. The van der Waals surface area contributed by atoms with Gasteiger partial charge >= 0.3 is 0 Å². The Balaban J connectivity index is 2.23. The third kappa shape index (κ3) is 1.97. The van der Waals surface area contributed by atoms with Crippen LogP contribution in [0.1, 0.15) is 12.8 Å². The van der Waals surface area contributed by atoms with Crippen LogP contribution in [-0.2, 0) is 0 Å². The van der Waals surface area contributed by atoms with Gasteiger partial charge in [0.2, 0.25) is 0 Å². The summed E-state index contributed by atoms with van der Waals surface area (Å²) in [4.78, 5) is 0. The molecular formula is C5H12N4. The average Bonchev–Trinajstić information content (AvgIpc) is 1.91. The van der Waals surface area contributed by atoms with E-state index in [1.807, 2.05) is 0 Å². The highest BCUT2D eigenvalue weighted by molar-refractivity contribution is 4.71. The van der Waals surface area contributed by atoms with Crippen molar-refractivity contribution in [3.8, 4) is 0 Å². The normalized spacial score (nSPS) is 23.1. The second kappa shape index (κ2) is 3.40. The first-order valence-electron chi connectivity index (χ1n) is 3.24. The first-order chi connectivity index (χ1) is 4.43. The maximum atomic E-state index is 4.90. The molecule has 0 unspecified atom stereocenters. The molecule has 1 aliphatic heterocycles. The molecule has 1 aliphatic rings. The Hall–Kier alpha value is -0.640. The number of nitrogens with two attached hydrogens (primary N) is 1. The fourth-order valence-electron chi connectivity index (χ4n) is 1.02. The Labute approximate surface area is 54.5 Å². The molecule has 0 spiro atoms. The Morgan fingerprint density at radius 1 is 1.33 bits per heavy atom. The predicted octanol–water partition coefficient (Wildman–Crippen LogP) is 0.0643. The van der Waals surface area contributed by atoms with E-state index in [-0.39, 0.29) is 0 Å².